The largest absolute Gasteiger partial charge is 0.426 e. The Morgan fingerprint density at radius 1 is 0.857 bits per heavy atom. The lowest BCUT2D eigenvalue weighted by Gasteiger charge is -2.34. The van der Waals surface area contributed by atoms with Crippen LogP contribution in [0.3, 0.4) is 0 Å². The number of esters is 1. The number of ether oxygens (including phenoxy) is 1. The van der Waals surface area contributed by atoms with Crippen LogP contribution in [0.15, 0.2) is 48.5 Å². The second-order valence-electron chi connectivity index (χ2n) is 10.4. The van der Waals surface area contributed by atoms with Gasteiger partial charge in [0.25, 0.3) is 0 Å². The van der Waals surface area contributed by atoms with Crippen molar-refractivity contribution in [3.05, 3.63) is 54.1 Å². The molecule has 0 spiro atoms. The van der Waals surface area contributed by atoms with Crippen LogP contribution in [0.2, 0.25) is 0 Å². The summed E-state index contributed by atoms with van der Waals surface area (Å²) in [6.07, 6.45) is 15.2. The molecule has 1 aliphatic carbocycles. The van der Waals surface area contributed by atoms with Crippen molar-refractivity contribution in [3.63, 3.8) is 0 Å². The van der Waals surface area contributed by atoms with E-state index in [0.29, 0.717) is 5.75 Å². The quantitative estimate of drug-likeness (QED) is 0.166. The Morgan fingerprint density at radius 3 is 2.03 bits per heavy atom. The van der Waals surface area contributed by atoms with E-state index in [1.807, 2.05) is 24.3 Å². The van der Waals surface area contributed by atoms with Crippen molar-refractivity contribution in [3.8, 4) is 22.9 Å². The highest BCUT2D eigenvalue weighted by atomic mass is 16.5. The molecule has 35 heavy (non-hydrogen) atoms. The summed E-state index contributed by atoms with van der Waals surface area (Å²) in [5, 5.41) is 9.74. The third kappa shape index (κ3) is 8.24. The maximum atomic E-state index is 12.8. The van der Waals surface area contributed by atoms with E-state index in [9.17, 15) is 10.1 Å². The number of carbonyl (C=O) groups excluding carboxylic acids is 1. The number of aryl methyl sites for hydroxylation is 1. The molecule has 3 nitrogen and oxygen atoms in total. The first kappa shape index (κ1) is 27.0. The van der Waals surface area contributed by atoms with Gasteiger partial charge in [-0.1, -0.05) is 95.2 Å². The zero-order valence-electron chi connectivity index (χ0n) is 21.9. The van der Waals surface area contributed by atoms with E-state index in [1.165, 1.54) is 56.1 Å². The summed E-state index contributed by atoms with van der Waals surface area (Å²) >= 11 is 0. The number of hydrogen-bond acceptors (Lipinski definition) is 3. The summed E-state index contributed by atoms with van der Waals surface area (Å²) in [6, 6.07) is 19.2. The van der Waals surface area contributed by atoms with Gasteiger partial charge in [0.05, 0.1) is 17.4 Å². The molecule has 2 aromatic rings. The topological polar surface area (TPSA) is 50.1 Å². The lowest BCUT2D eigenvalue weighted by molar-refractivity contribution is -0.140. The predicted octanol–water partition coefficient (Wildman–Crippen LogP) is 9.05. The van der Waals surface area contributed by atoms with Crippen molar-refractivity contribution < 1.29 is 9.53 Å². The molecule has 188 valence electrons. The van der Waals surface area contributed by atoms with Crippen molar-refractivity contribution in [2.24, 2.45) is 11.3 Å². The molecule has 0 heterocycles. The Hall–Kier alpha value is -2.60. The molecular weight excluding hydrogens is 430 g/mol. The fraction of sp³-hybridized carbons (Fsp3) is 0.562. The molecule has 3 rings (SSSR count). The fourth-order valence-electron chi connectivity index (χ4n) is 5.25. The predicted molar refractivity (Wildman–Crippen MR) is 144 cm³/mol. The van der Waals surface area contributed by atoms with Crippen LogP contribution in [0, 0.1) is 22.7 Å². The van der Waals surface area contributed by atoms with Gasteiger partial charge in [-0.05, 0) is 73.8 Å². The number of nitriles is 1. The third-order valence-corrected chi connectivity index (χ3v) is 7.70. The molecule has 0 bridgehead atoms. The van der Waals surface area contributed by atoms with Crippen molar-refractivity contribution in [2.45, 2.75) is 104 Å². The molecule has 0 atom stereocenters. The van der Waals surface area contributed by atoms with E-state index >= 15 is 0 Å². The second kappa shape index (κ2) is 14.1. The molecule has 0 saturated heterocycles. The normalized spacial score (nSPS) is 19.7. The van der Waals surface area contributed by atoms with Gasteiger partial charge in [-0.3, -0.25) is 4.79 Å². The van der Waals surface area contributed by atoms with Crippen LogP contribution >= 0.6 is 0 Å². The number of rotatable bonds is 13. The maximum Gasteiger partial charge on any atom is 0.314 e. The highest BCUT2D eigenvalue weighted by Crippen LogP contribution is 2.42. The van der Waals surface area contributed by atoms with Crippen LogP contribution in [-0.2, 0) is 11.2 Å². The van der Waals surface area contributed by atoms with Crippen LogP contribution in [-0.4, -0.2) is 5.97 Å². The zero-order chi connectivity index (χ0) is 24.9. The van der Waals surface area contributed by atoms with E-state index in [-0.39, 0.29) is 17.3 Å². The molecule has 1 fully saturated rings. The van der Waals surface area contributed by atoms with Gasteiger partial charge in [-0.2, -0.15) is 5.26 Å². The number of benzene rings is 2. The highest BCUT2D eigenvalue weighted by Gasteiger charge is 2.37. The number of nitrogens with zero attached hydrogens (tertiary/aromatic N) is 1. The molecule has 2 aromatic carbocycles. The van der Waals surface area contributed by atoms with Crippen LogP contribution in [0.4, 0.5) is 0 Å². The third-order valence-electron chi connectivity index (χ3n) is 7.70. The Morgan fingerprint density at radius 2 is 1.43 bits per heavy atom. The molecule has 0 unspecified atom stereocenters. The summed E-state index contributed by atoms with van der Waals surface area (Å²) in [6.45, 7) is 4.44. The van der Waals surface area contributed by atoms with Crippen molar-refractivity contribution in [1.29, 1.82) is 5.26 Å². The van der Waals surface area contributed by atoms with E-state index in [2.05, 4.69) is 44.2 Å². The minimum atomic E-state index is -0.238. The number of hydrogen-bond donors (Lipinski definition) is 0. The minimum Gasteiger partial charge on any atom is -0.426 e. The van der Waals surface area contributed by atoms with Gasteiger partial charge in [0.2, 0.25) is 0 Å². The standard InChI is InChI=1S/C32H43NO2/c1-3-5-7-8-9-11-26-12-14-27(15-13-26)28-16-18-30(19-17-28)35-31(34)29-20-23-32(25-33,24-21-29)22-10-6-4-2/h12-19,29H,3-11,20-24H2,1-2H3. The van der Waals surface area contributed by atoms with E-state index in [0.717, 1.165) is 50.5 Å². The Balaban J connectivity index is 1.47. The van der Waals surface area contributed by atoms with Gasteiger partial charge in [0.1, 0.15) is 5.75 Å². The lowest BCUT2D eigenvalue weighted by atomic mass is 9.69. The summed E-state index contributed by atoms with van der Waals surface area (Å²) < 4.78 is 5.71. The van der Waals surface area contributed by atoms with Gasteiger partial charge in [-0.25, -0.2) is 0 Å². The van der Waals surface area contributed by atoms with E-state index in [1.54, 1.807) is 0 Å². The minimum absolute atomic E-state index is 0.100. The van der Waals surface area contributed by atoms with Crippen molar-refractivity contribution >= 4 is 5.97 Å². The smallest absolute Gasteiger partial charge is 0.314 e. The van der Waals surface area contributed by atoms with Gasteiger partial charge in [-0.15, -0.1) is 0 Å². The monoisotopic (exact) mass is 473 g/mol. The highest BCUT2D eigenvalue weighted by molar-refractivity contribution is 5.75. The van der Waals surface area contributed by atoms with Crippen LogP contribution in [0.25, 0.3) is 11.1 Å². The molecule has 0 amide bonds. The summed E-state index contributed by atoms with van der Waals surface area (Å²) in [4.78, 5) is 12.8. The van der Waals surface area contributed by atoms with Crippen LogP contribution in [0.1, 0.15) is 103 Å². The molecule has 0 N–H and O–H groups in total. The lowest BCUT2D eigenvalue weighted by Crippen LogP contribution is -2.31. The van der Waals surface area contributed by atoms with Gasteiger partial charge >= 0.3 is 5.97 Å². The maximum absolute atomic E-state index is 12.8. The van der Waals surface area contributed by atoms with Gasteiger partial charge in [0.15, 0.2) is 0 Å². The molecule has 0 aliphatic heterocycles. The molecule has 1 aliphatic rings. The second-order valence-corrected chi connectivity index (χ2v) is 10.4. The molecular formula is C32H43NO2. The van der Waals surface area contributed by atoms with Crippen molar-refractivity contribution in [1.82, 2.24) is 0 Å². The van der Waals surface area contributed by atoms with Crippen LogP contribution in [0.5, 0.6) is 5.75 Å². The summed E-state index contributed by atoms with van der Waals surface area (Å²) in [5.74, 6) is 0.348. The Labute approximate surface area is 212 Å². The number of unbranched alkanes of at least 4 members (excludes halogenated alkanes) is 6. The SMILES string of the molecule is CCCCCCCc1ccc(-c2ccc(OC(=O)C3CCC(C#N)(CCCCC)CC3)cc2)cc1. The molecule has 0 radical (unpaired) electrons. The zero-order valence-corrected chi connectivity index (χ0v) is 21.9. The first-order chi connectivity index (χ1) is 17.1. The van der Waals surface area contributed by atoms with E-state index < -0.39 is 0 Å². The summed E-state index contributed by atoms with van der Waals surface area (Å²) in [5.41, 5.74) is 3.47. The Kier molecular flexibility index (Phi) is 10.9. The molecule has 1 saturated carbocycles. The fourth-order valence-corrected chi connectivity index (χ4v) is 5.25. The van der Waals surface area contributed by atoms with Gasteiger partial charge in [0, 0.05) is 0 Å². The average molecular weight is 474 g/mol. The van der Waals surface area contributed by atoms with Crippen molar-refractivity contribution in [2.75, 3.05) is 0 Å². The number of carbonyl (C=O) groups is 1. The Bertz CT molecular complexity index is 931. The molecule has 3 heteroatoms. The first-order valence-corrected chi connectivity index (χ1v) is 13.9. The average Bonchev–Trinajstić information content (AvgIpc) is 2.90. The summed E-state index contributed by atoms with van der Waals surface area (Å²) in [7, 11) is 0. The van der Waals surface area contributed by atoms with Crippen LogP contribution < -0.4 is 4.74 Å². The van der Waals surface area contributed by atoms with Gasteiger partial charge < -0.3 is 4.74 Å². The first-order valence-electron chi connectivity index (χ1n) is 13.9. The molecule has 0 aromatic heterocycles. The van der Waals surface area contributed by atoms with E-state index in [4.69, 9.17) is 4.74 Å².